The molecule has 5 heteroatoms. The fourth-order valence-electron chi connectivity index (χ4n) is 4.19. The number of rotatable bonds is 9. The maximum absolute atomic E-state index is 14.3. The van der Waals surface area contributed by atoms with E-state index in [2.05, 4.69) is 6.58 Å². The summed E-state index contributed by atoms with van der Waals surface area (Å²) in [6, 6.07) is 7.54. The van der Waals surface area contributed by atoms with Crippen molar-refractivity contribution < 1.29 is 18.9 Å². The minimum atomic E-state index is -4.00. The van der Waals surface area contributed by atoms with Crippen LogP contribution in [0.1, 0.15) is 67.9 Å². The Hall–Kier alpha value is -2.29. The maximum Gasteiger partial charge on any atom is 0.229 e. The van der Waals surface area contributed by atoms with E-state index < -0.39 is 18.2 Å². The van der Waals surface area contributed by atoms with E-state index in [9.17, 15) is 14.2 Å². The van der Waals surface area contributed by atoms with Crippen molar-refractivity contribution in [1.82, 2.24) is 0 Å². The average molecular weight is 455 g/mol. The van der Waals surface area contributed by atoms with Gasteiger partial charge in [-0.25, -0.2) is 0 Å². The van der Waals surface area contributed by atoms with E-state index in [1.807, 2.05) is 79.7 Å². The van der Waals surface area contributed by atoms with Crippen molar-refractivity contribution >= 4 is 18.2 Å². The topological polar surface area (TPSA) is 60.4 Å². The van der Waals surface area contributed by atoms with Crippen LogP contribution in [0.3, 0.4) is 0 Å². The van der Waals surface area contributed by atoms with Crippen molar-refractivity contribution in [3.05, 3.63) is 80.9 Å². The van der Waals surface area contributed by atoms with Crippen LogP contribution in [0.4, 0.5) is 0 Å². The lowest BCUT2D eigenvalue weighted by Gasteiger charge is -2.22. The van der Waals surface area contributed by atoms with Gasteiger partial charge in [0.2, 0.25) is 18.2 Å². The Bertz CT molecular complexity index is 1010. The molecule has 0 fully saturated rings. The highest BCUT2D eigenvalue weighted by Gasteiger charge is 2.42. The summed E-state index contributed by atoms with van der Waals surface area (Å²) in [7, 11) is -4.00. The molecule has 0 saturated heterocycles. The first-order valence-electron chi connectivity index (χ1n) is 10.9. The lowest BCUT2D eigenvalue weighted by Crippen LogP contribution is -2.21. The summed E-state index contributed by atoms with van der Waals surface area (Å²) < 4.78 is 20.1. The van der Waals surface area contributed by atoms with Crippen LogP contribution < -0.4 is 0 Å². The molecule has 2 aromatic carbocycles. The molecule has 0 radical (unpaired) electrons. The Morgan fingerprint density at radius 3 is 1.50 bits per heavy atom. The maximum atomic E-state index is 14.3. The molecule has 2 aromatic rings. The first-order chi connectivity index (χ1) is 14.8. The van der Waals surface area contributed by atoms with E-state index in [-0.39, 0.29) is 18.9 Å². The molecule has 32 heavy (non-hydrogen) atoms. The van der Waals surface area contributed by atoms with Gasteiger partial charge < -0.3 is 9.30 Å². The lowest BCUT2D eigenvalue weighted by atomic mass is 10.0. The second-order valence-electron chi connectivity index (χ2n) is 8.98. The first kappa shape index (κ1) is 26.0. The normalized spacial score (nSPS) is 12.5. The molecule has 0 aliphatic heterocycles. The highest BCUT2D eigenvalue weighted by atomic mass is 31.2. The lowest BCUT2D eigenvalue weighted by molar-refractivity contribution is 0.0973. The number of aryl methyl sites for hydroxylation is 6. The largest absolute Gasteiger partial charge is 0.374 e. The summed E-state index contributed by atoms with van der Waals surface area (Å²) >= 11 is 0. The Kier molecular flexibility index (Phi) is 8.20. The molecule has 0 aliphatic carbocycles. The zero-order valence-corrected chi connectivity index (χ0v) is 21.5. The SMILES string of the molecule is C=C(C)C(C)OCCP(=O)(C(=O)c1c(C)cc(C)cc1C)C(=O)c1c(C)cc(C)cc1C. The average Bonchev–Trinajstić information content (AvgIpc) is 2.65. The van der Waals surface area contributed by atoms with Gasteiger partial charge in [-0.05, 0) is 77.6 Å². The molecule has 172 valence electrons. The third-order valence-corrected chi connectivity index (χ3v) is 8.48. The Labute approximate surface area is 192 Å². The van der Waals surface area contributed by atoms with E-state index in [0.717, 1.165) is 39.0 Å². The molecule has 2 rings (SSSR count). The molecule has 0 bridgehead atoms. The van der Waals surface area contributed by atoms with Gasteiger partial charge >= 0.3 is 0 Å². The van der Waals surface area contributed by atoms with Crippen molar-refractivity contribution in [1.29, 1.82) is 0 Å². The van der Waals surface area contributed by atoms with Crippen LogP contribution >= 0.6 is 7.14 Å². The number of benzene rings is 2. The van der Waals surface area contributed by atoms with Gasteiger partial charge in [-0.2, -0.15) is 0 Å². The number of hydrogen-bond acceptors (Lipinski definition) is 4. The Balaban J connectivity index is 2.60. The fourth-order valence-corrected chi connectivity index (χ4v) is 6.57. The number of carbonyl (C=O) groups is 2. The number of ether oxygens (including phenoxy) is 1. The molecular formula is C27H35O4P. The number of hydrogen-bond donors (Lipinski definition) is 0. The molecule has 0 aromatic heterocycles. The van der Waals surface area contributed by atoms with E-state index in [1.54, 1.807) is 0 Å². The van der Waals surface area contributed by atoms with E-state index in [4.69, 9.17) is 4.74 Å². The quantitative estimate of drug-likeness (QED) is 0.307. The van der Waals surface area contributed by atoms with E-state index >= 15 is 0 Å². The Morgan fingerprint density at radius 2 is 1.19 bits per heavy atom. The molecular weight excluding hydrogens is 419 g/mol. The molecule has 0 amide bonds. The molecule has 1 unspecified atom stereocenters. The van der Waals surface area contributed by atoms with Gasteiger partial charge in [0.25, 0.3) is 0 Å². The molecule has 0 saturated carbocycles. The van der Waals surface area contributed by atoms with Crippen LogP contribution in [-0.2, 0) is 9.30 Å². The summed E-state index contributed by atoms with van der Waals surface area (Å²) in [5.41, 5.74) is 5.37. The van der Waals surface area contributed by atoms with Crippen molar-refractivity contribution in [2.45, 2.75) is 61.5 Å². The van der Waals surface area contributed by atoms with Gasteiger partial charge in [0, 0.05) is 17.3 Å². The van der Waals surface area contributed by atoms with Gasteiger partial charge in [-0.1, -0.05) is 47.5 Å². The van der Waals surface area contributed by atoms with Crippen LogP contribution in [0.25, 0.3) is 0 Å². The highest BCUT2D eigenvalue weighted by Crippen LogP contribution is 2.53. The van der Waals surface area contributed by atoms with Crippen molar-refractivity contribution in [2.75, 3.05) is 12.8 Å². The summed E-state index contributed by atoms with van der Waals surface area (Å²) in [6.45, 7) is 18.8. The van der Waals surface area contributed by atoms with Crippen molar-refractivity contribution in [3.8, 4) is 0 Å². The van der Waals surface area contributed by atoms with Crippen LogP contribution in [0.2, 0.25) is 0 Å². The second-order valence-corrected chi connectivity index (χ2v) is 11.7. The molecule has 4 nitrogen and oxygen atoms in total. The van der Waals surface area contributed by atoms with Gasteiger partial charge in [0.15, 0.2) is 0 Å². The summed E-state index contributed by atoms with van der Waals surface area (Å²) in [5, 5.41) is 0. The first-order valence-corrected chi connectivity index (χ1v) is 12.8. The van der Waals surface area contributed by atoms with Gasteiger partial charge in [-0.3, -0.25) is 9.59 Å². The summed E-state index contributed by atoms with van der Waals surface area (Å²) in [6.07, 6.45) is -0.388. The van der Waals surface area contributed by atoms with Gasteiger partial charge in [0.05, 0.1) is 12.7 Å². The minimum absolute atomic E-state index is 0.0384. The smallest absolute Gasteiger partial charge is 0.229 e. The molecule has 0 N–H and O–H groups in total. The predicted octanol–water partition coefficient (Wildman–Crippen LogP) is 6.86. The molecule has 0 heterocycles. The monoisotopic (exact) mass is 454 g/mol. The third kappa shape index (κ3) is 5.36. The van der Waals surface area contributed by atoms with E-state index in [1.165, 1.54) is 0 Å². The van der Waals surface area contributed by atoms with Crippen LogP contribution in [0.5, 0.6) is 0 Å². The van der Waals surface area contributed by atoms with Crippen molar-refractivity contribution in [3.63, 3.8) is 0 Å². The zero-order valence-electron chi connectivity index (χ0n) is 20.6. The zero-order chi connectivity index (χ0) is 24.4. The fraction of sp³-hybridized carbons (Fsp3) is 0.407. The standard InChI is InChI=1S/C27H35O4P/c1-16(2)23(9)31-10-11-32(30,26(28)24-19(5)12-17(3)13-20(24)6)27(29)25-21(7)14-18(4)15-22(25)8/h12-15,23H,1,10-11H2,2-9H3. The van der Waals surface area contributed by atoms with Gasteiger partial charge in [-0.15, -0.1) is 0 Å². The van der Waals surface area contributed by atoms with Crippen LogP contribution in [0.15, 0.2) is 36.4 Å². The van der Waals surface area contributed by atoms with Crippen molar-refractivity contribution in [2.24, 2.45) is 0 Å². The molecule has 1 atom stereocenters. The van der Waals surface area contributed by atoms with E-state index in [0.29, 0.717) is 11.1 Å². The molecule has 0 spiro atoms. The van der Waals surface area contributed by atoms with Crippen LogP contribution in [0, 0.1) is 41.5 Å². The summed E-state index contributed by atoms with van der Waals surface area (Å²) in [4.78, 5) is 27.6. The Morgan fingerprint density at radius 1 is 0.844 bits per heavy atom. The summed E-state index contributed by atoms with van der Waals surface area (Å²) in [5.74, 6) is 0. The molecule has 0 aliphatic rings. The minimum Gasteiger partial charge on any atom is -0.374 e. The van der Waals surface area contributed by atoms with Crippen LogP contribution in [-0.4, -0.2) is 29.9 Å². The third-order valence-electron chi connectivity index (χ3n) is 5.91. The number of carbonyl (C=O) groups excluding carboxylic acids is 2. The second kappa shape index (κ2) is 10.1. The highest BCUT2D eigenvalue weighted by molar-refractivity contribution is 7.95. The van der Waals surface area contributed by atoms with Gasteiger partial charge in [0.1, 0.15) is 0 Å². The predicted molar refractivity (Wildman–Crippen MR) is 133 cm³/mol.